The van der Waals surface area contributed by atoms with Gasteiger partial charge in [-0.15, -0.1) is 0 Å². The summed E-state index contributed by atoms with van der Waals surface area (Å²) in [6.07, 6.45) is 1.28. The minimum absolute atomic E-state index is 0.0372. The topological polar surface area (TPSA) is 70.2 Å². The van der Waals surface area contributed by atoms with Crippen LogP contribution >= 0.6 is 11.6 Å². The lowest BCUT2D eigenvalue weighted by molar-refractivity contribution is 0.213. The molecule has 5 rings (SSSR count). The van der Waals surface area contributed by atoms with E-state index in [-0.39, 0.29) is 16.3 Å². The number of ether oxygens (including phenoxy) is 1. The van der Waals surface area contributed by atoms with Crippen molar-refractivity contribution in [1.29, 1.82) is 0 Å². The molecule has 3 aromatic heterocycles. The first-order valence-corrected chi connectivity index (χ1v) is 11.1. The van der Waals surface area contributed by atoms with E-state index in [0.29, 0.717) is 27.9 Å². The van der Waals surface area contributed by atoms with Crippen LogP contribution in [0.5, 0.6) is 5.75 Å². The van der Waals surface area contributed by atoms with E-state index in [2.05, 4.69) is 10.1 Å². The van der Waals surface area contributed by atoms with Gasteiger partial charge in [0.05, 0.1) is 10.9 Å². The average Bonchev–Trinajstić information content (AvgIpc) is 3.17. The first-order valence-electron chi connectivity index (χ1n) is 10.7. The van der Waals surface area contributed by atoms with E-state index in [1.807, 2.05) is 44.4 Å². The summed E-state index contributed by atoms with van der Waals surface area (Å²) in [6, 6.07) is 12.3. The number of nitrogens with zero attached hydrogens (tertiary/aromatic N) is 3. The SMILES string of the molecule is Cc1cc([C@@H](C)Oc2ccc(Cl)nc2F)c2oc(-c3ccc4nn(C)cc4c3)c(C)c(=O)c2c1. The number of benzene rings is 2. The van der Waals surface area contributed by atoms with E-state index >= 15 is 0 Å². The van der Waals surface area contributed by atoms with Gasteiger partial charge in [-0.1, -0.05) is 11.6 Å². The van der Waals surface area contributed by atoms with Gasteiger partial charge >= 0.3 is 0 Å². The fourth-order valence-electron chi connectivity index (χ4n) is 4.18. The molecule has 0 radical (unpaired) electrons. The quantitative estimate of drug-likeness (QED) is 0.284. The van der Waals surface area contributed by atoms with Crippen molar-refractivity contribution < 1.29 is 13.5 Å². The Bertz CT molecular complexity index is 1640. The van der Waals surface area contributed by atoms with Gasteiger partial charge in [0.25, 0.3) is 5.95 Å². The summed E-state index contributed by atoms with van der Waals surface area (Å²) in [5.41, 5.74) is 3.90. The van der Waals surface area contributed by atoms with Crippen LogP contribution in [-0.2, 0) is 7.05 Å². The Balaban J connectivity index is 1.67. The van der Waals surface area contributed by atoms with Gasteiger partial charge < -0.3 is 9.15 Å². The molecule has 1 atom stereocenters. The van der Waals surface area contributed by atoms with Gasteiger partial charge in [-0.05, 0) is 68.8 Å². The summed E-state index contributed by atoms with van der Waals surface area (Å²) in [5.74, 6) is -0.373. The highest BCUT2D eigenvalue weighted by Crippen LogP contribution is 2.34. The number of rotatable bonds is 4. The van der Waals surface area contributed by atoms with Crippen molar-refractivity contribution in [2.24, 2.45) is 7.05 Å². The number of halogens is 2. The van der Waals surface area contributed by atoms with Crippen molar-refractivity contribution >= 4 is 33.5 Å². The lowest BCUT2D eigenvalue weighted by Crippen LogP contribution is -2.11. The predicted molar refractivity (Wildman–Crippen MR) is 130 cm³/mol. The zero-order valence-corrected chi connectivity index (χ0v) is 19.8. The normalized spacial score (nSPS) is 12.4. The second kappa shape index (κ2) is 8.25. The van der Waals surface area contributed by atoms with Crippen LogP contribution in [0, 0.1) is 19.8 Å². The highest BCUT2D eigenvalue weighted by Gasteiger charge is 2.21. The molecule has 0 unspecified atom stereocenters. The Hall–Kier alpha value is -3.71. The Morgan fingerprint density at radius 2 is 1.94 bits per heavy atom. The third-order valence-electron chi connectivity index (χ3n) is 5.80. The van der Waals surface area contributed by atoms with Crippen LogP contribution in [0.15, 0.2) is 57.9 Å². The molecule has 8 heteroatoms. The maximum Gasteiger partial charge on any atom is 0.256 e. The summed E-state index contributed by atoms with van der Waals surface area (Å²) in [7, 11) is 1.86. The lowest BCUT2D eigenvalue weighted by atomic mass is 9.99. The van der Waals surface area contributed by atoms with Gasteiger partial charge in [0.15, 0.2) is 11.2 Å². The number of hydrogen-bond donors (Lipinski definition) is 0. The molecule has 0 aliphatic carbocycles. The molecule has 6 nitrogen and oxygen atoms in total. The molecular weight excluding hydrogens is 457 g/mol. The Kier molecular flexibility index (Phi) is 5.37. The van der Waals surface area contributed by atoms with E-state index in [1.54, 1.807) is 24.6 Å². The Morgan fingerprint density at radius 1 is 1.15 bits per heavy atom. The molecule has 0 saturated heterocycles. The molecule has 0 spiro atoms. The Labute approximate surface area is 199 Å². The summed E-state index contributed by atoms with van der Waals surface area (Å²) in [5, 5.41) is 5.82. The predicted octanol–water partition coefficient (Wildman–Crippen LogP) is 6.29. The molecule has 34 heavy (non-hydrogen) atoms. The van der Waals surface area contributed by atoms with Crippen LogP contribution in [0.2, 0.25) is 5.15 Å². The molecule has 2 aromatic carbocycles. The highest BCUT2D eigenvalue weighted by molar-refractivity contribution is 6.29. The number of aromatic nitrogens is 3. The molecule has 0 amide bonds. The minimum Gasteiger partial charge on any atom is -0.481 e. The molecule has 0 bridgehead atoms. The van der Waals surface area contributed by atoms with Crippen LogP contribution in [0.1, 0.15) is 29.7 Å². The van der Waals surface area contributed by atoms with Crippen LogP contribution < -0.4 is 10.2 Å². The fourth-order valence-corrected chi connectivity index (χ4v) is 4.31. The van der Waals surface area contributed by atoms with Crippen molar-refractivity contribution in [1.82, 2.24) is 14.8 Å². The number of hydrogen-bond acceptors (Lipinski definition) is 5. The van der Waals surface area contributed by atoms with Crippen molar-refractivity contribution in [2.75, 3.05) is 0 Å². The second-order valence-electron chi connectivity index (χ2n) is 8.38. The molecule has 0 saturated carbocycles. The zero-order chi connectivity index (χ0) is 24.1. The first kappa shape index (κ1) is 22.1. The average molecular weight is 478 g/mol. The molecule has 0 N–H and O–H groups in total. The van der Waals surface area contributed by atoms with Gasteiger partial charge in [0, 0.05) is 35.3 Å². The smallest absolute Gasteiger partial charge is 0.256 e. The number of aryl methyl sites for hydroxylation is 2. The summed E-state index contributed by atoms with van der Waals surface area (Å²) < 4.78 is 28.2. The highest BCUT2D eigenvalue weighted by atomic mass is 35.5. The van der Waals surface area contributed by atoms with E-state index < -0.39 is 12.1 Å². The van der Waals surface area contributed by atoms with Crippen LogP contribution in [-0.4, -0.2) is 14.8 Å². The molecular formula is C26H21ClFN3O3. The van der Waals surface area contributed by atoms with Gasteiger partial charge in [-0.25, -0.2) is 4.98 Å². The van der Waals surface area contributed by atoms with Crippen molar-refractivity contribution in [2.45, 2.75) is 26.9 Å². The van der Waals surface area contributed by atoms with Gasteiger partial charge in [-0.3, -0.25) is 9.48 Å². The van der Waals surface area contributed by atoms with Crippen LogP contribution in [0.3, 0.4) is 0 Å². The van der Waals surface area contributed by atoms with E-state index in [9.17, 15) is 9.18 Å². The lowest BCUT2D eigenvalue weighted by Gasteiger charge is -2.18. The van der Waals surface area contributed by atoms with Gasteiger partial charge in [0.1, 0.15) is 22.6 Å². The monoisotopic (exact) mass is 477 g/mol. The fraction of sp³-hybridized carbons (Fsp3) is 0.192. The maximum atomic E-state index is 14.3. The summed E-state index contributed by atoms with van der Waals surface area (Å²) in [6.45, 7) is 5.41. The Morgan fingerprint density at radius 3 is 2.71 bits per heavy atom. The van der Waals surface area contributed by atoms with Crippen molar-refractivity contribution in [3.63, 3.8) is 0 Å². The molecule has 172 valence electrons. The maximum absolute atomic E-state index is 14.3. The second-order valence-corrected chi connectivity index (χ2v) is 8.76. The number of fused-ring (bicyclic) bond motifs is 2. The van der Waals surface area contributed by atoms with E-state index in [1.165, 1.54) is 12.1 Å². The van der Waals surface area contributed by atoms with Crippen molar-refractivity contribution in [3.05, 3.63) is 86.7 Å². The van der Waals surface area contributed by atoms with Crippen molar-refractivity contribution in [3.8, 4) is 17.1 Å². The molecule has 3 heterocycles. The zero-order valence-electron chi connectivity index (χ0n) is 19.0. The standard InChI is InChI=1S/C26H21ClFN3O3/c1-13-9-18(15(3)33-21-7-8-22(27)29-26(21)28)25-19(10-13)23(32)14(2)24(34-25)16-5-6-20-17(11-16)12-31(4)30-20/h5-12,15H,1-4H3/t15-/m1/s1. The summed E-state index contributed by atoms with van der Waals surface area (Å²) >= 11 is 5.75. The molecule has 0 aliphatic rings. The third kappa shape index (κ3) is 3.82. The number of pyridine rings is 1. The molecule has 5 aromatic rings. The summed E-state index contributed by atoms with van der Waals surface area (Å²) in [4.78, 5) is 17.0. The van der Waals surface area contributed by atoms with E-state index in [4.69, 9.17) is 20.8 Å². The molecule has 0 fully saturated rings. The van der Waals surface area contributed by atoms with Gasteiger partial charge in [0.2, 0.25) is 0 Å². The van der Waals surface area contributed by atoms with Crippen LogP contribution in [0.4, 0.5) is 4.39 Å². The minimum atomic E-state index is -0.806. The molecule has 0 aliphatic heterocycles. The third-order valence-corrected chi connectivity index (χ3v) is 6.01. The first-order chi connectivity index (χ1) is 16.2. The van der Waals surface area contributed by atoms with Crippen LogP contribution in [0.25, 0.3) is 33.2 Å². The largest absolute Gasteiger partial charge is 0.481 e. The van der Waals surface area contributed by atoms with Gasteiger partial charge in [-0.2, -0.15) is 9.49 Å². The van der Waals surface area contributed by atoms with E-state index in [0.717, 1.165) is 22.0 Å².